The Hall–Kier alpha value is -1.75. The molecule has 1 heterocycles. The molecule has 2 rings (SSSR count). The highest BCUT2D eigenvalue weighted by atomic mass is 35.5. The zero-order valence-electron chi connectivity index (χ0n) is 9.24. The van der Waals surface area contributed by atoms with E-state index in [1.165, 1.54) is 29.8 Å². The lowest BCUT2D eigenvalue weighted by molar-refractivity contribution is 0.101. The Morgan fingerprint density at radius 3 is 2.76 bits per heavy atom. The summed E-state index contributed by atoms with van der Waals surface area (Å²) in [5.41, 5.74) is 0.887. The molecule has 0 aliphatic rings. The van der Waals surface area contributed by atoms with Crippen LogP contribution in [-0.4, -0.2) is 20.8 Å². The van der Waals surface area contributed by atoms with Crippen molar-refractivity contribution in [2.75, 3.05) is 0 Å². The highest BCUT2D eigenvalue weighted by Gasteiger charge is 2.16. The number of hydrogen-bond donors (Lipinski definition) is 0. The van der Waals surface area contributed by atoms with E-state index in [0.717, 1.165) is 0 Å². The average molecular weight is 254 g/mol. The minimum Gasteiger partial charge on any atom is -0.293 e. The van der Waals surface area contributed by atoms with Crippen molar-refractivity contribution in [3.63, 3.8) is 0 Å². The first-order chi connectivity index (χ1) is 8.00. The Morgan fingerprint density at radius 1 is 1.47 bits per heavy atom. The molecule has 4 nitrogen and oxygen atoms in total. The van der Waals surface area contributed by atoms with Crippen molar-refractivity contribution in [3.8, 4) is 5.69 Å². The van der Waals surface area contributed by atoms with Gasteiger partial charge < -0.3 is 0 Å². The summed E-state index contributed by atoms with van der Waals surface area (Å²) in [5.74, 6) is -0.686. The molecule has 0 spiro atoms. The van der Waals surface area contributed by atoms with E-state index < -0.39 is 5.82 Å². The molecule has 0 aliphatic heterocycles. The first-order valence-electron chi connectivity index (χ1n) is 4.89. The number of Topliss-reactive ketones (excluding diaryl/α,β-unsaturated/α-hetero) is 1. The van der Waals surface area contributed by atoms with Crippen molar-refractivity contribution in [1.82, 2.24) is 15.0 Å². The quantitative estimate of drug-likeness (QED) is 0.773. The number of benzene rings is 1. The van der Waals surface area contributed by atoms with E-state index in [1.54, 1.807) is 6.92 Å². The lowest BCUT2D eigenvalue weighted by Gasteiger charge is -2.05. The molecule has 1 aromatic heterocycles. The van der Waals surface area contributed by atoms with Gasteiger partial charge in [0.15, 0.2) is 11.5 Å². The van der Waals surface area contributed by atoms with E-state index in [1.807, 2.05) is 0 Å². The van der Waals surface area contributed by atoms with E-state index in [9.17, 15) is 9.18 Å². The van der Waals surface area contributed by atoms with E-state index in [2.05, 4.69) is 10.3 Å². The molecule has 0 bridgehead atoms. The van der Waals surface area contributed by atoms with Crippen molar-refractivity contribution in [2.45, 2.75) is 13.8 Å². The third kappa shape index (κ3) is 2.06. The second kappa shape index (κ2) is 4.25. The van der Waals surface area contributed by atoms with E-state index in [0.29, 0.717) is 10.7 Å². The molecular weight excluding hydrogens is 245 g/mol. The van der Waals surface area contributed by atoms with Gasteiger partial charge in [-0.25, -0.2) is 9.07 Å². The molecule has 0 saturated carbocycles. The SMILES string of the molecule is CC(=O)c1nnn(-c2cc(Cl)ccc2F)c1C. The largest absolute Gasteiger partial charge is 0.293 e. The molecule has 88 valence electrons. The van der Waals surface area contributed by atoms with Gasteiger partial charge in [0.05, 0.1) is 5.69 Å². The fourth-order valence-electron chi connectivity index (χ4n) is 1.53. The second-order valence-electron chi connectivity index (χ2n) is 3.59. The number of ketones is 1. The maximum atomic E-state index is 13.6. The number of carbonyl (C=O) groups is 1. The Balaban J connectivity index is 2.61. The predicted octanol–water partition coefficient (Wildman–Crippen LogP) is 2.57. The molecule has 0 unspecified atom stereocenters. The summed E-state index contributed by atoms with van der Waals surface area (Å²) in [4.78, 5) is 11.2. The van der Waals surface area contributed by atoms with Gasteiger partial charge in [-0.1, -0.05) is 16.8 Å². The van der Waals surface area contributed by atoms with Gasteiger partial charge in [-0.05, 0) is 25.1 Å². The fourth-order valence-corrected chi connectivity index (χ4v) is 1.70. The van der Waals surface area contributed by atoms with Crippen LogP contribution in [0.15, 0.2) is 18.2 Å². The zero-order valence-corrected chi connectivity index (χ0v) is 9.99. The molecule has 0 fully saturated rings. The Labute approximate surface area is 102 Å². The normalized spacial score (nSPS) is 10.6. The third-order valence-electron chi connectivity index (χ3n) is 2.36. The number of hydrogen-bond acceptors (Lipinski definition) is 3. The van der Waals surface area contributed by atoms with Crippen molar-refractivity contribution in [2.24, 2.45) is 0 Å². The minimum atomic E-state index is -0.475. The topological polar surface area (TPSA) is 47.8 Å². The number of aromatic nitrogens is 3. The van der Waals surface area contributed by atoms with Crippen LogP contribution in [0, 0.1) is 12.7 Å². The molecular formula is C11H9ClFN3O. The van der Waals surface area contributed by atoms with Crippen LogP contribution in [0.4, 0.5) is 4.39 Å². The summed E-state index contributed by atoms with van der Waals surface area (Å²) in [6.45, 7) is 3.03. The number of halogens is 2. The second-order valence-corrected chi connectivity index (χ2v) is 4.02. The standard InChI is InChI=1S/C11H9ClFN3O/c1-6-11(7(2)17)14-15-16(6)10-5-8(12)3-4-9(10)13/h3-5H,1-2H3. The van der Waals surface area contributed by atoms with Crippen molar-refractivity contribution in [1.29, 1.82) is 0 Å². The van der Waals surface area contributed by atoms with Gasteiger partial charge in [0.25, 0.3) is 0 Å². The minimum absolute atomic E-state index is 0.176. The average Bonchev–Trinajstić information content (AvgIpc) is 2.64. The molecule has 0 N–H and O–H groups in total. The summed E-state index contributed by atoms with van der Waals surface area (Å²) in [6.07, 6.45) is 0. The summed E-state index contributed by atoms with van der Waals surface area (Å²) >= 11 is 5.79. The van der Waals surface area contributed by atoms with Crippen LogP contribution in [-0.2, 0) is 0 Å². The van der Waals surface area contributed by atoms with Gasteiger partial charge in [-0.2, -0.15) is 0 Å². The summed E-state index contributed by atoms with van der Waals surface area (Å²) in [5, 5.41) is 7.86. The number of nitrogens with zero attached hydrogens (tertiary/aromatic N) is 3. The fraction of sp³-hybridized carbons (Fsp3) is 0.182. The molecule has 0 saturated heterocycles. The smallest absolute Gasteiger partial charge is 0.181 e. The van der Waals surface area contributed by atoms with Crippen molar-refractivity contribution < 1.29 is 9.18 Å². The Bertz CT molecular complexity index is 594. The third-order valence-corrected chi connectivity index (χ3v) is 2.60. The first kappa shape index (κ1) is 11.7. The van der Waals surface area contributed by atoms with E-state index >= 15 is 0 Å². The van der Waals surface area contributed by atoms with Crippen LogP contribution >= 0.6 is 11.6 Å². The van der Waals surface area contributed by atoms with Gasteiger partial charge in [0.1, 0.15) is 11.5 Å². The monoisotopic (exact) mass is 253 g/mol. The van der Waals surface area contributed by atoms with Gasteiger partial charge in [-0.15, -0.1) is 5.10 Å². The Morgan fingerprint density at radius 2 is 2.18 bits per heavy atom. The highest BCUT2D eigenvalue weighted by Crippen LogP contribution is 2.20. The van der Waals surface area contributed by atoms with Crippen LogP contribution in [0.25, 0.3) is 5.69 Å². The molecule has 6 heteroatoms. The lowest BCUT2D eigenvalue weighted by Crippen LogP contribution is -2.03. The van der Waals surface area contributed by atoms with Crippen LogP contribution in [0.5, 0.6) is 0 Å². The molecule has 2 aromatic rings. The maximum absolute atomic E-state index is 13.6. The molecule has 0 atom stereocenters. The predicted molar refractivity (Wildman–Crippen MR) is 61.1 cm³/mol. The zero-order chi connectivity index (χ0) is 12.6. The molecule has 0 amide bonds. The van der Waals surface area contributed by atoms with Crippen LogP contribution in [0.1, 0.15) is 23.1 Å². The Kier molecular flexibility index (Phi) is 2.93. The lowest BCUT2D eigenvalue weighted by atomic mass is 10.2. The number of rotatable bonds is 2. The molecule has 0 radical (unpaired) electrons. The molecule has 0 aliphatic carbocycles. The van der Waals surface area contributed by atoms with E-state index in [4.69, 9.17) is 11.6 Å². The van der Waals surface area contributed by atoms with Crippen molar-refractivity contribution in [3.05, 3.63) is 40.4 Å². The number of carbonyl (C=O) groups excluding carboxylic acids is 1. The molecule has 1 aromatic carbocycles. The van der Waals surface area contributed by atoms with Crippen LogP contribution in [0.3, 0.4) is 0 Å². The summed E-state index contributed by atoms with van der Waals surface area (Å²) in [7, 11) is 0. The van der Waals surface area contributed by atoms with E-state index in [-0.39, 0.29) is 17.2 Å². The summed E-state index contributed by atoms with van der Waals surface area (Å²) in [6, 6.07) is 4.12. The first-order valence-corrected chi connectivity index (χ1v) is 5.27. The van der Waals surface area contributed by atoms with Gasteiger partial charge in [0, 0.05) is 11.9 Å². The van der Waals surface area contributed by atoms with Gasteiger partial charge in [-0.3, -0.25) is 4.79 Å². The van der Waals surface area contributed by atoms with Gasteiger partial charge in [0.2, 0.25) is 0 Å². The highest BCUT2D eigenvalue weighted by molar-refractivity contribution is 6.30. The summed E-state index contributed by atoms with van der Waals surface area (Å²) < 4.78 is 14.9. The van der Waals surface area contributed by atoms with Crippen molar-refractivity contribution >= 4 is 17.4 Å². The van der Waals surface area contributed by atoms with Gasteiger partial charge >= 0.3 is 0 Å². The molecule has 17 heavy (non-hydrogen) atoms. The van der Waals surface area contributed by atoms with Crippen LogP contribution in [0.2, 0.25) is 5.02 Å². The maximum Gasteiger partial charge on any atom is 0.181 e. The van der Waals surface area contributed by atoms with Crippen LogP contribution < -0.4 is 0 Å².